The molecule has 3 heterocycles. The SMILES string of the molecule is Cc1ncsc1CN1CC[C@H]2C[C@H](C(=O)NC(C)C)O[C@H]2C1. The lowest BCUT2D eigenvalue weighted by Crippen LogP contribution is -2.42. The fourth-order valence-electron chi connectivity index (χ4n) is 3.37. The van der Waals surface area contributed by atoms with Gasteiger partial charge in [-0.05, 0) is 46.1 Å². The molecule has 0 aliphatic carbocycles. The molecule has 2 aliphatic heterocycles. The molecular weight excluding hydrogens is 298 g/mol. The van der Waals surface area contributed by atoms with Gasteiger partial charge in [0.1, 0.15) is 6.10 Å². The summed E-state index contributed by atoms with van der Waals surface area (Å²) in [6, 6.07) is 0.171. The van der Waals surface area contributed by atoms with Gasteiger partial charge >= 0.3 is 0 Å². The zero-order valence-corrected chi connectivity index (χ0v) is 14.4. The molecule has 2 saturated heterocycles. The fourth-order valence-corrected chi connectivity index (χ4v) is 4.18. The molecular formula is C16H25N3O2S. The van der Waals surface area contributed by atoms with Crippen LogP contribution in [0.5, 0.6) is 0 Å². The Morgan fingerprint density at radius 2 is 2.41 bits per heavy atom. The van der Waals surface area contributed by atoms with Crippen LogP contribution in [0.2, 0.25) is 0 Å². The Balaban J connectivity index is 1.55. The maximum atomic E-state index is 12.1. The number of amides is 1. The number of hydrogen-bond acceptors (Lipinski definition) is 5. The minimum absolute atomic E-state index is 0.0502. The van der Waals surface area contributed by atoms with Gasteiger partial charge in [-0.2, -0.15) is 0 Å². The Bertz CT molecular complexity index is 531. The molecule has 1 N–H and O–H groups in total. The van der Waals surface area contributed by atoms with Crippen LogP contribution in [-0.4, -0.2) is 47.1 Å². The van der Waals surface area contributed by atoms with E-state index in [1.807, 2.05) is 19.4 Å². The van der Waals surface area contributed by atoms with Gasteiger partial charge in [0.2, 0.25) is 5.91 Å². The van der Waals surface area contributed by atoms with Gasteiger partial charge < -0.3 is 10.1 Å². The Morgan fingerprint density at radius 1 is 1.59 bits per heavy atom. The van der Waals surface area contributed by atoms with Crippen molar-refractivity contribution in [3.05, 3.63) is 16.1 Å². The Hall–Kier alpha value is -0.980. The number of carbonyl (C=O) groups is 1. The van der Waals surface area contributed by atoms with Crippen molar-refractivity contribution in [2.45, 2.75) is 58.4 Å². The maximum absolute atomic E-state index is 12.1. The number of aromatic nitrogens is 1. The van der Waals surface area contributed by atoms with E-state index in [2.05, 4.69) is 22.1 Å². The summed E-state index contributed by atoms with van der Waals surface area (Å²) in [5.41, 5.74) is 3.05. The van der Waals surface area contributed by atoms with Crippen LogP contribution in [0.3, 0.4) is 0 Å². The summed E-state index contributed by atoms with van der Waals surface area (Å²) in [7, 11) is 0. The van der Waals surface area contributed by atoms with E-state index in [0.29, 0.717) is 5.92 Å². The van der Waals surface area contributed by atoms with E-state index in [-0.39, 0.29) is 24.2 Å². The molecule has 122 valence electrons. The first kappa shape index (κ1) is 15.9. The van der Waals surface area contributed by atoms with Crippen molar-refractivity contribution in [2.75, 3.05) is 13.1 Å². The number of likely N-dealkylation sites (tertiary alicyclic amines) is 1. The highest BCUT2D eigenvalue weighted by molar-refractivity contribution is 7.09. The van der Waals surface area contributed by atoms with E-state index in [9.17, 15) is 4.79 Å². The zero-order chi connectivity index (χ0) is 15.7. The fraction of sp³-hybridized carbons (Fsp3) is 0.750. The van der Waals surface area contributed by atoms with Crippen LogP contribution >= 0.6 is 11.3 Å². The molecule has 1 aromatic heterocycles. The number of nitrogens with one attached hydrogen (secondary N) is 1. The third kappa shape index (κ3) is 3.50. The number of fused-ring (bicyclic) bond motifs is 1. The molecule has 1 aromatic rings. The van der Waals surface area contributed by atoms with Crippen molar-refractivity contribution in [2.24, 2.45) is 5.92 Å². The molecule has 0 aromatic carbocycles. The first-order valence-electron chi connectivity index (χ1n) is 8.10. The molecule has 5 nitrogen and oxygen atoms in total. The van der Waals surface area contributed by atoms with E-state index < -0.39 is 0 Å². The Labute approximate surface area is 136 Å². The van der Waals surface area contributed by atoms with Crippen LogP contribution in [-0.2, 0) is 16.1 Å². The summed E-state index contributed by atoms with van der Waals surface area (Å²) in [5.74, 6) is 0.580. The average molecular weight is 323 g/mol. The highest BCUT2D eigenvalue weighted by Crippen LogP contribution is 2.34. The number of carbonyl (C=O) groups excluding carboxylic acids is 1. The molecule has 0 spiro atoms. The number of piperidine rings is 1. The molecule has 6 heteroatoms. The molecule has 0 bridgehead atoms. The number of thiazole rings is 1. The van der Waals surface area contributed by atoms with Crippen LogP contribution in [0.4, 0.5) is 0 Å². The van der Waals surface area contributed by atoms with Gasteiger partial charge in [0.25, 0.3) is 0 Å². The molecule has 0 unspecified atom stereocenters. The van der Waals surface area contributed by atoms with Crippen molar-refractivity contribution in [3.8, 4) is 0 Å². The molecule has 0 radical (unpaired) electrons. The molecule has 2 fully saturated rings. The number of hydrogen-bond donors (Lipinski definition) is 1. The smallest absolute Gasteiger partial charge is 0.249 e. The van der Waals surface area contributed by atoms with Crippen LogP contribution in [0.25, 0.3) is 0 Å². The quantitative estimate of drug-likeness (QED) is 0.920. The average Bonchev–Trinajstić information content (AvgIpc) is 3.04. The summed E-state index contributed by atoms with van der Waals surface area (Å²) in [5, 5.41) is 2.97. The second-order valence-corrected chi connectivity index (χ2v) is 7.65. The first-order valence-corrected chi connectivity index (χ1v) is 8.98. The number of ether oxygens (including phenoxy) is 1. The maximum Gasteiger partial charge on any atom is 0.249 e. The van der Waals surface area contributed by atoms with E-state index >= 15 is 0 Å². The molecule has 2 aliphatic rings. The summed E-state index contributed by atoms with van der Waals surface area (Å²) in [6.45, 7) is 8.99. The van der Waals surface area contributed by atoms with E-state index in [4.69, 9.17) is 4.74 Å². The van der Waals surface area contributed by atoms with Gasteiger partial charge in [-0.1, -0.05) is 0 Å². The highest BCUT2D eigenvalue weighted by atomic mass is 32.1. The third-order valence-corrected chi connectivity index (χ3v) is 5.49. The normalized spacial score (nSPS) is 28.8. The third-order valence-electron chi connectivity index (χ3n) is 4.57. The number of aryl methyl sites for hydroxylation is 1. The van der Waals surface area contributed by atoms with Crippen molar-refractivity contribution < 1.29 is 9.53 Å². The van der Waals surface area contributed by atoms with E-state index in [0.717, 1.165) is 38.2 Å². The molecule has 0 saturated carbocycles. The van der Waals surface area contributed by atoms with Gasteiger partial charge in [-0.25, -0.2) is 4.98 Å². The predicted molar refractivity (Wildman–Crippen MR) is 86.8 cm³/mol. The highest BCUT2D eigenvalue weighted by Gasteiger charge is 2.41. The lowest BCUT2D eigenvalue weighted by atomic mass is 9.91. The Kier molecular flexibility index (Phi) is 4.80. The standard InChI is InChI=1S/C16H25N3O2S/c1-10(2)18-16(20)13-6-12-4-5-19(7-14(12)21-13)8-15-11(3)17-9-22-15/h9-10,12-14H,4-8H2,1-3H3,(H,18,20)/t12-,13+,14-/m0/s1. The van der Waals surface area contributed by atoms with Crippen LogP contribution in [0.1, 0.15) is 37.3 Å². The van der Waals surface area contributed by atoms with Crippen molar-refractivity contribution in [3.63, 3.8) is 0 Å². The van der Waals surface area contributed by atoms with Crippen LogP contribution in [0.15, 0.2) is 5.51 Å². The van der Waals surface area contributed by atoms with Gasteiger partial charge in [0, 0.05) is 24.0 Å². The van der Waals surface area contributed by atoms with E-state index in [1.165, 1.54) is 4.88 Å². The van der Waals surface area contributed by atoms with Gasteiger partial charge in [-0.3, -0.25) is 9.69 Å². The lowest BCUT2D eigenvalue weighted by molar-refractivity contribution is -0.133. The van der Waals surface area contributed by atoms with Crippen molar-refractivity contribution in [1.29, 1.82) is 0 Å². The van der Waals surface area contributed by atoms with Crippen LogP contribution in [0, 0.1) is 12.8 Å². The Morgan fingerprint density at radius 3 is 3.09 bits per heavy atom. The molecule has 22 heavy (non-hydrogen) atoms. The second-order valence-electron chi connectivity index (χ2n) is 6.71. The second kappa shape index (κ2) is 6.64. The lowest BCUT2D eigenvalue weighted by Gasteiger charge is -2.33. The summed E-state index contributed by atoms with van der Waals surface area (Å²) >= 11 is 1.72. The predicted octanol–water partition coefficient (Wildman–Crippen LogP) is 1.96. The molecule has 3 rings (SSSR count). The van der Waals surface area contributed by atoms with E-state index in [1.54, 1.807) is 11.3 Å². The minimum Gasteiger partial charge on any atom is -0.364 e. The largest absolute Gasteiger partial charge is 0.364 e. The van der Waals surface area contributed by atoms with Gasteiger partial charge in [-0.15, -0.1) is 11.3 Å². The van der Waals surface area contributed by atoms with Crippen molar-refractivity contribution in [1.82, 2.24) is 15.2 Å². The molecule has 1 amide bonds. The minimum atomic E-state index is -0.262. The van der Waals surface area contributed by atoms with Crippen molar-refractivity contribution >= 4 is 17.2 Å². The molecule has 3 atom stereocenters. The first-order chi connectivity index (χ1) is 10.5. The topological polar surface area (TPSA) is 54.5 Å². The monoisotopic (exact) mass is 323 g/mol. The number of nitrogens with zero attached hydrogens (tertiary/aromatic N) is 2. The zero-order valence-electron chi connectivity index (χ0n) is 13.5. The van der Waals surface area contributed by atoms with Gasteiger partial charge in [0.15, 0.2) is 0 Å². The summed E-state index contributed by atoms with van der Waals surface area (Å²) in [6.07, 6.45) is 1.93. The summed E-state index contributed by atoms with van der Waals surface area (Å²) < 4.78 is 6.04. The summed E-state index contributed by atoms with van der Waals surface area (Å²) in [4.78, 5) is 20.2. The van der Waals surface area contributed by atoms with Crippen LogP contribution < -0.4 is 5.32 Å². The number of rotatable bonds is 4. The van der Waals surface area contributed by atoms with Gasteiger partial charge in [0.05, 0.1) is 17.3 Å².